The lowest BCUT2D eigenvalue weighted by atomic mass is 9.94. The quantitative estimate of drug-likeness (QED) is 0.875. The van der Waals surface area contributed by atoms with E-state index in [1.807, 2.05) is 0 Å². The first-order chi connectivity index (χ1) is 10.1. The van der Waals surface area contributed by atoms with E-state index in [0.29, 0.717) is 26.8 Å². The van der Waals surface area contributed by atoms with Gasteiger partial charge in [-0.3, -0.25) is 4.79 Å². The highest BCUT2D eigenvalue weighted by Crippen LogP contribution is 2.30. The number of fused-ring (bicyclic) bond motifs is 1. The molecule has 1 aliphatic rings. The maximum Gasteiger partial charge on any atom is 0.263 e. The standard InChI is InChI=1S/C14H19N5OS/c1-8-7-19(2)6-3-9(8)18-13(20)12-10(15)11-14(21-12)17-5-4-16-11/h4-5,8-9H,3,6-7,15H2,1-2H3,(H,18,20). The van der Waals surface area contributed by atoms with E-state index >= 15 is 0 Å². The van der Waals surface area contributed by atoms with Gasteiger partial charge in [0.2, 0.25) is 0 Å². The Morgan fingerprint density at radius 3 is 2.95 bits per heavy atom. The van der Waals surface area contributed by atoms with E-state index < -0.39 is 0 Å². The molecule has 3 heterocycles. The smallest absolute Gasteiger partial charge is 0.263 e. The van der Waals surface area contributed by atoms with Crippen molar-refractivity contribution in [1.29, 1.82) is 0 Å². The van der Waals surface area contributed by atoms with Crippen molar-refractivity contribution in [1.82, 2.24) is 20.2 Å². The molecule has 0 bridgehead atoms. The lowest BCUT2D eigenvalue weighted by Gasteiger charge is -2.35. The molecule has 0 aliphatic carbocycles. The molecular weight excluding hydrogens is 286 g/mol. The molecule has 1 saturated heterocycles. The van der Waals surface area contributed by atoms with Crippen LogP contribution in [-0.2, 0) is 0 Å². The number of nitrogens with two attached hydrogens (primary N) is 1. The second-order valence-corrected chi connectivity index (χ2v) is 6.66. The number of nitrogens with zero attached hydrogens (tertiary/aromatic N) is 3. The highest BCUT2D eigenvalue weighted by molar-refractivity contribution is 7.21. The normalized spacial score (nSPS) is 23.3. The molecule has 0 aromatic carbocycles. The lowest BCUT2D eigenvalue weighted by Crippen LogP contribution is -2.48. The first kappa shape index (κ1) is 14.2. The number of rotatable bonds is 2. The van der Waals surface area contributed by atoms with Crippen LogP contribution in [-0.4, -0.2) is 47.0 Å². The molecule has 2 unspecified atom stereocenters. The van der Waals surface area contributed by atoms with Gasteiger partial charge in [-0.1, -0.05) is 6.92 Å². The van der Waals surface area contributed by atoms with Crippen LogP contribution < -0.4 is 11.1 Å². The minimum atomic E-state index is -0.112. The number of anilines is 1. The van der Waals surface area contributed by atoms with Gasteiger partial charge in [0, 0.05) is 25.0 Å². The minimum Gasteiger partial charge on any atom is -0.396 e. The molecule has 1 amide bonds. The summed E-state index contributed by atoms with van der Waals surface area (Å²) >= 11 is 1.30. The highest BCUT2D eigenvalue weighted by Gasteiger charge is 2.27. The summed E-state index contributed by atoms with van der Waals surface area (Å²) in [4.78, 5) is 24.4. The Morgan fingerprint density at radius 1 is 1.48 bits per heavy atom. The lowest BCUT2D eigenvalue weighted by molar-refractivity contribution is 0.0889. The summed E-state index contributed by atoms with van der Waals surface area (Å²) in [5, 5.41) is 3.12. The summed E-state index contributed by atoms with van der Waals surface area (Å²) in [7, 11) is 2.11. The largest absolute Gasteiger partial charge is 0.396 e. The van der Waals surface area contributed by atoms with Gasteiger partial charge in [-0.15, -0.1) is 11.3 Å². The monoisotopic (exact) mass is 305 g/mol. The van der Waals surface area contributed by atoms with Crippen molar-refractivity contribution in [3.05, 3.63) is 17.3 Å². The number of hydrogen-bond acceptors (Lipinski definition) is 6. The van der Waals surface area contributed by atoms with Gasteiger partial charge in [0.15, 0.2) is 0 Å². The van der Waals surface area contributed by atoms with Crippen molar-refractivity contribution >= 4 is 33.3 Å². The molecule has 0 radical (unpaired) electrons. The molecule has 21 heavy (non-hydrogen) atoms. The van der Waals surface area contributed by atoms with Gasteiger partial charge >= 0.3 is 0 Å². The molecule has 0 saturated carbocycles. The first-order valence-corrected chi connectivity index (χ1v) is 7.86. The van der Waals surface area contributed by atoms with Crippen LogP contribution in [0.2, 0.25) is 0 Å². The molecule has 1 aliphatic heterocycles. The Labute approximate surface area is 127 Å². The predicted octanol–water partition coefficient (Wildman–Crippen LogP) is 1.34. The van der Waals surface area contributed by atoms with Crippen LogP contribution in [0.3, 0.4) is 0 Å². The number of carbonyl (C=O) groups is 1. The van der Waals surface area contributed by atoms with Crippen molar-refractivity contribution in [2.45, 2.75) is 19.4 Å². The average Bonchev–Trinajstić information content (AvgIpc) is 2.80. The van der Waals surface area contributed by atoms with Gasteiger partial charge in [0.25, 0.3) is 5.91 Å². The van der Waals surface area contributed by atoms with Crippen molar-refractivity contribution in [2.75, 3.05) is 25.9 Å². The second-order valence-electron chi connectivity index (χ2n) is 5.66. The molecule has 1 fully saturated rings. The number of aromatic nitrogens is 2. The van der Waals surface area contributed by atoms with E-state index in [0.717, 1.165) is 19.5 Å². The molecule has 2 aromatic rings. The molecule has 7 heteroatoms. The maximum atomic E-state index is 12.5. The van der Waals surface area contributed by atoms with Crippen molar-refractivity contribution in [3.8, 4) is 0 Å². The second kappa shape index (κ2) is 5.57. The first-order valence-electron chi connectivity index (χ1n) is 7.04. The van der Waals surface area contributed by atoms with Gasteiger partial charge in [-0.2, -0.15) is 0 Å². The van der Waals surface area contributed by atoms with E-state index in [-0.39, 0.29) is 11.9 Å². The summed E-state index contributed by atoms with van der Waals surface area (Å²) in [6, 6.07) is 0.194. The topological polar surface area (TPSA) is 84.1 Å². The van der Waals surface area contributed by atoms with Crippen LogP contribution in [0.4, 0.5) is 5.69 Å². The van der Waals surface area contributed by atoms with Gasteiger partial charge in [0.05, 0.1) is 5.69 Å². The van der Waals surface area contributed by atoms with E-state index in [2.05, 4.69) is 34.2 Å². The molecule has 2 aromatic heterocycles. The van der Waals surface area contributed by atoms with Crippen molar-refractivity contribution < 1.29 is 4.79 Å². The zero-order valence-electron chi connectivity index (χ0n) is 12.2. The number of nitrogen functional groups attached to an aromatic ring is 1. The van der Waals surface area contributed by atoms with Crippen LogP contribution >= 0.6 is 11.3 Å². The summed E-state index contributed by atoms with van der Waals surface area (Å²) in [6.45, 7) is 4.16. The summed E-state index contributed by atoms with van der Waals surface area (Å²) in [5.74, 6) is 0.318. The van der Waals surface area contributed by atoms with Gasteiger partial charge in [-0.05, 0) is 25.9 Å². The third kappa shape index (κ3) is 2.71. The van der Waals surface area contributed by atoms with E-state index in [4.69, 9.17) is 5.73 Å². The van der Waals surface area contributed by atoms with Gasteiger partial charge in [-0.25, -0.2) is 9.97 Å². The Balaban J connectivity index is 1.79. The third-order valence-corrected chi connectivity index (χ3v) is 5.10. The van der Waals surface area contributed by atoms with Crippen LogP contribution in [0.15, 0.2) is 12.4 Å². The molecule has 6 nitrogen and oxygen atoms in total. The molecule has 2 atom stereocenters. The Hall–Kier alpha value is -1.73. The highest BCUT2D eigenvalue weighted by atomic mass is 32.1. The van der Waals surface area contributed by atoms with E-state index in [9.17, 15) is 4.79 Å². The zero-order valence-corrected chi connectivity index (χ0v) is 13.0. The molecule has 0 spiro atoms. The predicted molar refractivity (Wildman–Crippen MR) is 84.4 cm³/mol. The number of piperidine rings is 1. The number of carbonyl (C=O) groups excluding carboxylic acids is 1. The maximum absolute atomic E-state index is 12.5. The third-order valence-electron chi connectivity index (χ3n) is 3.99. The number of amides is 1. The number of hydrogen-bond donors (Lipinski definition) is 2. The summed E-state index contributed by atoms with van der Waals surface area (Å²) in [6.07, 6.45) is 4.16. The Bertz CT molecular complexity index is 670. The SMILES string of the molecule is CC1CN(C)CCC1NC(=O)c1sc2nccnc2c1N. The van der Waals surface area contributed by atoms with Crippen molar-refractivity contribution in [3.63, 3.8) is 0 Å². The molecule has 3 rings (SSSR count). The average molecular weight is 305 g/mol. The van der Waals surface area contributed by atoms with Crippen LogP contribution in [0.1, 0.15) is 23.0 Å². The minimum absolute atomic E-state index is 0.112. The Kier molecular flexibility index (Phi) is 3.77. The van der Waals surface area contributed by atoms with Gasteiger partial charge < -0.3 is 16.0 Å². The number of thiophene rings is 1. The van der Waals surface area contributed by atoms with Crippen LogP contribution in [0.25, 0.3) is 10.3 Å². The van der Waals surface area contributed by atoms with E-state index in [1.165, 1.54) is 11.3 Å². The zero-order chi connectivity index (χ0) is 15.0. The number of nitrogens with one attached hydrogen (secondary N) is 1. The molecule has 3 N–H and O–H groups in total. The summed E-state index contributed by atoms with van der Waals surface area (Å²) < 4.78 is 0. The molecular formula is C14H19N5OS. The Morgan fingerprint density at radius 2 is 2.24 bits per heavy atom. The van der Waals surface area contributed by atoms with Crippen molar-refractivity contribution in [2.24, 2.45) is 5.92 Å². The van der Waals surface area contributed by atoms with Crippen LogP contribution in [0.5, 0.6) is 0 Å². The molecule has 112 valence electrons. The van der Waals surface area contributed by atoms with Crippen LogP contribution in [0, 0.1) is 5.92 Å². The fourth-order valence-electron chi connectivity index (χ4n) is 2.82. The fraction of sp³-hybridized carbons (Fsp3) is 0.500. The van der Waals surface area contributed by atoms with Gasteiger partial charge in [0.1, 0.15) is 15.2 Å². The summed E-state index contributed by atoms with van der Waals surface area (Å²) in [5.41, 5.74) is 7.09. The fourth-order valence-corrected chi connectivity index (χ4v) is 3.74. The number of likely N-dealkylation sites (tertiary alicyclic amines) is 1. The van der Waals surface area contributed by atoms with E-state index in [1.54, 1.807) is 12.4 Å².